The van der Waals surface area contributed by atoms with E-state index >= 15 is 0 Å². The standard InChI is InChI=1S/C20H17N3O/c1-13-7-8-15-18(10-13)23(12-14-4-3-9-22-11-14)17-6-2-5-16(19(15)17)20(21)24/h2-11H,12H2,1H3,(H2,21,24). The van der Waals surface area contributed by atoms with Crippen molar-refractivity contribution in [3.8, 4) is 0 Å². The van der Waals surface area contributed by atoms with Crippen molar-refractivity contribution in [3.63, 3.8) is 0 Å². The van der Waals surface area contributed by atoms with Crippen LogP contribution in [0.4, 0.5) is 0 Å². The normalized spacial score (nSPS) is 11.2. The summed E-state index contributed by atoms with van der Waals surface area (Å²) in [7, 11) is 0. The fourth-order valence-corrected chi connectivity index (χ4v) is 3.30. The molecule has 2 aromatic heterocycles. The van der Waals surface area contributed by atoms with Crippen molar-refractivity contribution in [1.29, 1.82) is 0 Å². The maximum absolute atomic E-state index is 11.9. The maximum Gasteiger partial charge on any atom is 0.249 e. The van der Waals surface area contributed by atoms with Crippen LogP contribution in [0.15, 0.2) is 60.9 Å². The minimum atomic E-state index is -0.401. The number of aryl methyl sites for hydroxylation is 1. The number of carbonyl (C=O) groups excluding carboxylic acids is 1. The summed E-state index contributed by atoms with van der Waals surface area (Å²) < 4.78 is 2.22. The number of fused-ring (bicyclic) bond motifs is 3. The number of amides is 1. The van der Waals surface area contributed by atoms with Gasteiger partial charge in [0, 0.05) is 40.8 Å². The van der Waals surface area contributed by atoms with E-state index < -0.39 is 5.91 Å². The van der Waals surface area contributed by atoms with Crippen LogP contribution >= 0.6 is 0 Å². The Labute approximate surface area is 139 Å². The number of hydrogen-bond donors (Lipinski definition) is 1. The highest BCUT2D eigenvalue weighted by Gasteiger charge is 2.16. The first-order valence-electron chi connectivity index (χ1n) is 7.85. The molecule has 0 spiro atoms. The molecule has 4 rings (SSSR count). The first-order valence-corrected chi connectivity index (χ1v) is 7.85. The highest BCUT2D eigenvalue weighted by atomic mass is 16.1. The van der Waals surface area contributed by atoms with E-state index in [9.17, 15) is 4.79 Å². The fraction of sp³-hybridized carbons (Fsp3) is 0.100. The second-order valence-corrected chi connectivity index (χ2v) is 6.03. The van der Waals surface area contributed by atoms with Gasteiger partial charge in [-0.15, -0.1) is 0 Å². The molecule has 2 heterocycles. The highest BCUT2D eigenvalue weighted by molar-refractivity contribution is 6.17. The summed E-state index contributed by atoms with van der Waals surface area (Å²) in [4.78, 5) is 16.1. The van der Waals surface area contributed by atoms with Crippen LogP contribution in [-0.2, 0) is 6.54 Å². The Morgan fingerprint density at radius 1 is 1.12 bits per heavy atom. The lowest BCUT2D eigenvalue weighted by Gasteiger charge is -2.08. The van der Waals surface area contributed by atoms with E-state index in [2.05, 4.69) is 40.7 Å². The van der Waals surface area contributed by atoms with Crippen molar-refractivity contribution in [2.45, 2.75) is 13.5 Å². The largest absolute Gasteiger partial charge is 0.366 e. The Balaban J connectivity index is 2.08. The molecular weight excluding hydrogens is 298 g/mol. The van der Waals surface area contributed by atoms with Gasteiger partial charge in [-0.2, -0.15) is 0 Å². The molecule has 1 amide bonds. The number of rotatable bonds is 3. The van der Waals surface area contributed by atoms with E-state index in [1.54, 1.807) is 12.3 Å². The first kappa shape index (κ1) is 14.5. The lowest BCUT2D eigenvalue weighted by Crippen LogP contribution is -2.11. The Bertz CT molecular complexity index is 1060. The maximum atomic E-state index is 11.9. The molecule has 0 aliphatic rings. The topological polar surface area (TPSA) is 60.9 Å². The lowest BCUT2D eigenvalue weighted by molar-refractivity contribution is 0.100. The third-order valence-corrected chi connectivity index (χ3v) is 4.38. The summed E-state index contributed by atoms with van der Waals surface area (Å²) in [6.45, 7) is 2.76. The molecule has 0 fully saturated rings. The van der Waals surface area contributed by atoms with E-state index in [1.807, 2.05) is 24.4 Å². The monoisotopic (exact) mass is 315 g/mol. The minimum absolute atomic E-state index is 0.401. The van der Waals surface area contributed by atoms with Gasteiger partial charge in [0.1, 0.15) is 0 Å². The smallest absolute Gasteiger partial charge is 0.249 e. The van der Waals surface area contributed by atoms with Gasteiger partial charge in [-0.1, -0.05) is 24.3 Å². The van der Waals surface area contributed by atoms with Crippen LogP contribution in [0.1, 0.15) is 21.5 Å². The Hall–Kier alpha value is -3.14. The number of primary amides is 1. The summed E-state index contributed by atoms with van der Waals surface area (Å²) in [5.74, 6) is -0.401. The SMILES string of the molecule is Cc1ccc2c3c(C(N)=O)cccc3n(Cc3cccnc3)c2c1. The molecule has 0 aliphatic carbocycles. The third-order valence-electron chi connectivity index (χ3n) is 4.38. The molecule has 0 radical (unpaired) electrons. The highest BCUT2D eigenvalue weighted by Crippen LogP contribution is 2.32. The molecule has 4 aromatic rings. The first-order chi connectivity index (χ1) is 11.6. The number of nitrogens with two attached hydrogens (primary N) is 1. The molecule has 0 unspecified atom stereocenters. The van der Waals surface area contributed by atoms with E-state index in [4.69, 9.17) is 5.73 Å². The molecule has 0 saturated heterocycles. The average Bonchev–Trinajstić information content (AvgIpc) is 2.89. The Kier molecular flexibility index (Phi) is 3.31. The third kappa shape index (κ3) is 2.24. The van der Waals surface area contributed by atoms with Gasteiger partial charge in [0.2, 0.25) is 5.91 Å². The molecule has 118 valence electrons. The number of aromatic nitrogens is 2. The second-order valence-electron chi connectivity index (χ2n) is 6.03. The molecule has 0 atom stereocenters. The fourth-order valence-electron chi connectivity index (χ4n) is 3.30. The van der Waals surface area contributed by atoms with Crippen molar-refractivity contribution >= 4 is 27.7 Å². The molecule has 0 aliphatic heterocycles. The molecule has 4 heteroatoms. The lowest BCUT2D eigenvalue weighted by atomic mass is 10.1. The van der Waals surface area contributed by atoms with Crippen LogP contribution in [0.2, 0.25) is 0 Å². The van der Waals surface area contributed by atoms with Crippen LogP contribution in [0.5, 0.6) is 0 Å². The van der Waals surface area contributed by atoms with Crippen LogP contribution in [0.25, 0.3) is 21.8 Å². The van der Waals surface area contributed by atoms with Gasteiger partial charge in [0.15, 0.2) is 0 Å². The van der Waals surface area contributed by atoms with Crippen molar-refractivity contribution in [2.24, 2.45) is 5.73 Å². The van der Waals surface area contributed by atoms with Crippen LogP contribution in [0.3, 0.4) is 0 Å². The summed E-state index contributed by atoms with van der Waals surface area (Å²) in [6.07, 6.45) is 3.64. The van der Waals surface area contributed by atoms with Crippen LogP contribution < -0.4 is 5.73 Å². The van der Waals surface area contributed by atoms with Crippen molar-refractivity contribution in [1.82, 2.24) is 9.55 Å². The molecule has 2 aromatic carbocycles. The average molecular weight is 315 g/mol. The zero-order valence-corrected chi connectivity index (χ0v) is 13.4. The molecular formula is C20H17N3O. The predicted molar refractivity (Wildman–Crippen MR) is 96.0 cm³/mol. The Morgan fingerprint density at radius 2 is 2.00 bits per heavy atom. The van der Waals surface area contributed by atoms with Gasteiger partial charge in [0.05, 0.1) is 5.52 Å². The van der Waals surface area contributed by atoms with Gasteiger partial charge >= 0.3 is 0 Å². The number of pyridine rings is 1. The second kappa shape index (κ2) is 5.49. The summed E-state index contributed by atoms with van der Waals surface area (Å²) in [5.41, 5.74) is 10.6. The minimum Gasteiger partial charge on any atom is -0.366 e. The summed E-state index contributed by atoms with van der Waals surface area (Å²) in [6, 6.07) is 16.0. The van der Waals surface area contributed by atoms with Gasteiger partial charge in [-0.05, 0) is 42.3 Å². The van der Waals surface area contributed by atoms with E-state index in [1.165, 1.54) is 5.56 Å². The van der Waals surface area contributed by atoms with E-state index in [0.717, 1.165) is 27.4 Å². The van der Waals surface area contributed by atoms with Crippen LogP contribution in [0, 0.1) is 6.92 Å². The summed E-state index contributed by atoms with van der Waals surface area (Å²) in [5, 5.41) is 1.97. The van der Waals surface area contributed by atoms with Crippen molar-refractivity contribution in [2.75, 3.05) is 0 Å². The Morgan fingerprint density at radius 3 is 2.75 bits per heavy atom. The number of hydrogen-bond acceptors (Lipinski definition) is 2. The number of nitrogens with zero attached hydrogens (tertiary/aromatic N) is 2. The van der Waals surface area contributed by atoms with E-state index in [-0.39, 0.29) is 0 Å². The number of carbonyl (C=O) groups is 1. The molecule has 24 heavy (non-hydrogen) atoms. The molecule has 2 N–H and O–H groups in total. The molecule has 4 nitrogen and oxygen atoms in total. The zero-order chi connectivity index (χ0) is 16.7. The van der Waals surface area contributed by atoms with Gasteiger partial charge < -0.3 is 10.3 Å². The molecule has 0 saturated carbocycles. The van der Waals surface area contributed by atoms with Gasteiger partial charge in [0.25, 0.3) is 0 Å². The predicted octanol–water partition coefficient (Wildman–Crippen LogP) is 3.65. The molecule has 0 bridgehead atoms. The van der Waals surface area contributed by atoms with Gasteiger partial charge in [-0.3, -0.25) is 9.78 Å². The van der Waals surface area contributed by atoms with Crippen LogP contribution in [-0.4, -0.2) is 15.5 Å². The quantitative estimate of drug-likeness (QED) is 0.627. The van der Waals surface area contributed by atoms with E-state index in [0.29, 0.717) is 12.1 Å². The zero-order valence-electron chi connectivity index (χ0n) is 13.4. The summed E-state index contributed by atoms with van der Waals surface area (Å²) >= 11 is 0. The van der Waals surface area contributed by atoms with Crippen molar-refractivity contribution in [3.05, 3.63) is 77.6 Å². The van der Waals surface area contributed by atoms with Gasteiger partial charge in [-0.25, -0.2) is 0 Å². The van der Waals surface area contributed by atoms with Crippen molar-refractivity contribution < 1.29 is 4.79 Å². The number of benzene rings is 2.